The second kappa shape index (κ2) is 4.99. The summed E-state index contributed by atoms with van der Waals surface area (Å²) in [6.07, 6.45) is 5.21. The van der Waals surface area contributed by atoms with Gasteiger partial charge in [0.25, 0.3) is 0 Å². The maximum atomic E-state index is 6.06. The van der Waals surface area contributed by atoms with Gasteiger partial charge in [0.1, 0.15) is 0 Å². The Morgan fingerprint density at radius 3 is 2.95 bits per heavy atom. The van der Waals surface area contributed by atoms with Crippen molar-refractivity contribution in [3.63, 3.8) is 0 Å². The zero-order valence-electron chi connectivity index (χ0n) is 11.2. The molecule has 1 aliphatic carbocycles. The highest BCUT2D eigenvalue weighted by molar-refractivity contribution is 5.74. The zero-order chi connectivity index (χ0) is 13.2. The minimum atomic E-state index is 0.734. The lowest BCUT2D eigenvalue weighted by Crippen LogP contribution is -2.05. The number of hydrogen-bond acceptors (Lipinski definition) is 4. The van der Waals surface area contributed by atoms with E-state index < -0.39 is 0 Å². The van der Waals surface area contributed by atoms with Gasteiger partial charge >= 0.3 is 0 Å². The fourth-order valence-corrected chi connectivity index (χ4v) is 2.47. The second-order valence-electron chi connectivity index (χ2n) is 5.35. The summed E-state index contributed by atoms with van der Waals surface area (Å²) < 4.78 is 1.88. The molecule has 1 aromatic heterocycles. The van der Waals surface area contributed by atoms with Crippen LogP contribution in [0.25, 0.3) is 11.4 Å². The molecular weight excluding hydrogens is 238 g/mol. The maximum Gasteiger partial charge on any atom is 0.184 e. The van der Waals surface area contributed by atoms with Crippen LogP contribution in [0.5, 0.6) is 0 Å². The number of nitrogen functional groups attached to an aromatic ring is 1. The summed E-state index contributed by atoms with van der Waals surface area (Å²) in [7, 11) is 0. The Labute approximate surface area is 112 Å². The Morgan fingerprint density at radius 2 is 2.21 bits per heavy atom. The number of hydrogen-bond donors (Lipinski definition) is 1. The molecule has 100 valence electrons. The van der Waals surface area contributed by atoms with Crippen LogP contribution in [0.2, 0.25) is 0 Å². The maximum absolute atomic E-state index is 6.06. The van der Waals surface area contributed by atoms with E-state index in [1.54, 1.807) is 0 Å². The van der Waals surface area contributed by atoms with E-state index in [9.17, 15) is 0 Å². The largest absolute Gasteiger partial charge is 0.398 e. The molecule has 0 radical (unpaired) electrons. The third-order valence-electron chi connectivity index (χ3n) is 3.74. The van der Waals surface area contributed by atoms with Gasteiger partial charge in [-0.1, -0.05) is 25.0 Å². The quantitative estimate of drug-likeness (QED) is 0.835. The average molecular weight is 257 g/mol. The summed E-state index contributed by atoms with van der Waals surface area (Å²) >= 11 is 0. The number of aryl methyl sites for hydroxylation is 2. The molecule has 2 aromatic rings. The minimum Gasteiger partial charge on any atom is -0.398 e. The SMILES string of the molecule is Cc1cccc(N)c1-c1nnnn1CCCC1CC1. The predicted octanol–water partition coefficient (Wildman–Crippen LogP) is 2.42. The fraction of sp³-hybridized carbons (Fsp3) is 0.500. The molecule has 0 spiro atoms. The lowest BCUT2D eigenvalue weighted by Gasteiger charge is -2.09. The Morgan fingerprint density at radius 1 is 1.37 bits per heavy atom. The van der Waals surface area contributed by atoms with Crippen LogP contribution in [-0.2, 0) is 6.54 Å². The van der Waals surface area contributed by atoms with E-state index in [1.807, 2.05) is 29.8 Å². The van der Waals surface area contributed by atoms with E-state index in [-0.39, 0.29) is 0 Å². The Hall–Kier alpha value is -1.91. The number of anilines is 1. The van der Waals surface area contributed by atoms with Gasteiger partial charge in [-0.2, -0.15) is 0 Å². The van der Waals surface area contributed by atoms with Crippen molar-refractivity contribution in [2.24, 2.45) is 5.92 Å². The smallest absolute Gasteiger partial charge is 0.184 e. The van der Waals surface area contributed by atoms with Gasteiger partial charge in [-0.25, -0.2) is 4.68 Å². The molecule has 19 heavy (non-hydrogen) atoms. The van der Waals surface area contributed by atoms with Crippen LogP contribution >= 0.6 is 0 Å². The van der Waals surface area contributed by atoms with Gasteiger partial charge < -0.3 is 5.73 Å². The predicted molar refractivity (Wildman–Crippen MR) is 74.4 cm³/mol. The third-order valence-corrected chi connectivity index (χ3v) is 3.74. The van der Waals surface area contributed by atoms with E-state index in [0.29, 0.717) is 0 Å². The Bertz CT molecular complexity index is 551. The van der Waals surface area contributed by atoms with E-state index in [4.69, 9.17) is 5.73 Å². The zero-order valence-corrected chi connectivity index (χ0v) is 11.2. The number of nitrogens with zero attached hydrogens (tertiary/aromatic N) is 4. The number of nitrogens with two attached hydrogens (primary N) is 1. The van der Waals surface area contributed by atoms with Crippen LogP contribution in [0.1, 0.15) is 31.2 Å². The van der Waals surface area contributed by atoms with Gasteiger partial charge in [-0.3, -0.25) is 0 Å². The van der Waals surface area contributed by atoms with E-state index in [0.717, 1.165) is 41.5 Å². The summed E-state index contributed by atoms with van der Waals surface area (Å²) in [5, 5.41) is 12.0. The molecule has 1 saturated carbocycles. The van der Waals surface area contributed by atoms with Gasteiger partial charge in [0.15, 0.2) is 5.82 Å². The van der Waals surface area contributed by atoms with Crippen molar-refractivity contribution in [1.82, 2.24) is 20.2 Å². The highest BCUT2D eigenvalue weighted by atomic mass is 15.5. The molecule has 0 unspecified atom stereocenters. The highest BCUT2D eigenvalue weighted by Crippen LogP contribution is 2.34. The van der Waals surface area contributed by atoms with Crippen LogP contribution in [0.15, 0.2) is 18.2 Å². The monoisotopic (exact) mass is 257 g/mol. The minimum absolute atomic E-state index is 0.734. The highest BCUT2D eigenvalue weighted by Gasteiger charge is 2.21. The lowest BCUT2D eigenvalue weighted by molar-refractivity contribution is 0.526. The molecule has 0 amide bonds. The topological polar surface area (TPSA) is 69.6 Å². The van der Waals surface area contributed by atoms with Gasteiger partial charge in [-0.15, -0.1) is 5.10 Å². The van der Waals surface area contributed by atoms with Gasteiger partial charge in [-0.05, 0) is 47.7 Å². The van der Waals surface area contributed by atoms with E-state index in [1.165, 1.54) is 19.3 Å². The standard InChI is InChI=1S/C14H19N5/c1-10-4-2-6-12(15)13(10)14-16-17-18-19(14)9-3-5-11-7-8-11/h2,4,6,11H,3,5,7-9,15H2,1H3. The second-order valence-corrected chi connectivity index (χ2v) is 5.35. The molecule has 1 aliphatic rings. The average Bonchev–Trinajstić information content (AvgIpc) is 3.09. The van der Waals surface area contributed by atoms with Crippen LogP contribution < -0.4 is 5.73 Å². The third kappa shape index (κ3) is 2.59. The lowest BCUT2D eigenvalue weighted by atomic mass is 10.1. The van der Waals surface area contributed by atoms with Gasteiger partial charge in [0.05, 0.1) is 0 Å². The molecule has 0 atom stereocenters. The Balaban J connectivity index is 1.82. The van der Waals surface area contributed by atoms with E-state index >= 15 is 0 Å². The van der Waals surface area contributed by atoms with Crippen LogP contribution in [0.4, 0.5) is 5.69 Å². The fourth-order valence-electron chi connectivity index (χ4n) is 2.47. The summed E-state index contributed by atoms with van der Waals surface area (Å²) in [6, 6.07) is 5.88. The Kier molecular flexibility index (Phi) is 3.19. The number of aromatic nitrogens is 4. The molecule has 0 saturated heterocycles. The first-order valence-electron chi connectivity index (χ1n) is 6.87. The van der Waals surface area contributed by atoms with Gasteiger partial charge in [0, 0.05) is 17.8 Å². The van der Waals surface area contributed by atoms with Crippen molar-refractivity contribution in [3.05, 3.63) is 23.8 Å². The number of benzene rings is 1. The van der Waals surface area contributed by atoms with Gasteiger partial charge in [0.2, 0.25) is 0 Å². The molecule has 1 fully saturated rings. The van der Waals surface area contributed by atoms with Crippen molar-refractivity contribution in [1.29, 1.82) is 0 Å². The summed E-state index contributed by atoms with van der Waals surface area (Å²) in [5.74, 6) is 1.73. The first-order chi connectivity index (χ1) is 9.25. The molecule has 5 heteroatoms. The molecular formula is C14H19N5. The number of tetrazole rings is 1. The normalized spacial score (nSPS) is 14.8. The molecule has 1 aromatic carbocycles. The van der Waals surface area contributed by atoms with Crippen molar-refractivity contribution in [2.45, 2.75) is 39.2 Å². The molecule has 2 N–H and O–H groups in total. The summed E-state index contributed by atoms with van der Waals surface area (Å²) in [4.78, 5) is 0. The summed E-state index contributed by atoms with van der Waals surface area (Å²) in [6.45, 7) is 2.90. The van der Waals surface area contributed by atoms with Crippen LogP contribution in [-0.4, -0.2) is 20.2 Å². The molecule has 3 rings (SSSR count). The first kappa shape index (κ1) is 12.1. The van der Waals surface area contributed by atoms with Crippen LogP contribution in [0, 0.1) is 12.8 Å². The van der Waals surface area contributed by atoms with Crippen LogP contribution in [0.3, 0.4) is 0 Å². The first-order valence-corrected chi connectivity index (χ1v) is 6.87. The van der Waals surface area contributed by atoms with E-state index in [2.05, 4.69) is 15.5 Å². The van der Waals surface area contributed by atoms with Crippen molar-refractivity contribution >= 4 is 5.69 Å². The summed E-state index contributed by atoms with van der Waals surface area (Å²) in [5.41, 5.74) is 8.86. The van der Waals surface area contributed by atoms with Crippen molar-refractivity contribution in [3.8, 4) is 11.4 Å². The van der Waals surface area contributed by atoms with Crippen molar-refractivity contribution < 1.29 is 0 Å². The molecule has 1 heterocycles. The molecule has 0 bridgehead atoms. The van der Waals surface area contributed by atoms with Crippen molar-refractivity contribution in [2.75, 3.05) is 5.73 Å². The molecule has 5 nitrogen and oxygen atoms in total. The molecule has 0 aliphatic heterocycles. The number of rotatable bonds is 5.